The van der Waals surface area contributed by atoms with E-state index in [0.29, 0.717) is 0 Å². The van der Waals surface area contributed by atoms with Crippen LogP contribution < -0.4 is 0 Å². The summed E-state index contributed by atoms with van der Waals surface area (Å²) in [6.45, 7) is 13.8. The molecule has 11 rings (SSSR count). The molecule has 0 nitrogen and oxygen atoms in total. The summed E-state index contributed by atoms with van der Waals surface area (Å²) >= 11 is 0. The smallest absolute Gasteiger partial charge is 0.0267 e. The lowest BCUT2D eigenvalue weighted by Gasteiger charge is -2.48. The second kappa shape index (κ2) is 13.9. The van der Waals surface area contributed by atoms with Crippen LogP contribution in [0.25, 0.3) is 33.4 Å². The van der Waals surface area contributed by atoms with Crippen LogP contribution in [0.1, 0.15) is 90.7 Å². The third-order valence-corrected chi connectivity index (χ3v) is 14.9. The molecular formula is C61H54. The van der Waals surface area contributed by atoms with Crippen LogP contribution in [0.15, 0.2) is 170 Å². The lowest BCUT2D eigenvalue weighted by atomic mass is 9.54. The Labute approximate surface area is 363 Å². The van der Waals surface area contributed by atoms with Crippen molar-refractivity contribution < 1.29 is 0 Å². The highest BCUT2D eigenvalue weighted by Crippen LogP contribution is 2.66. The summed E-state index contributed by atoms with van der Waals surface area (Å²) in [4.78, 5) is 0. The number of hydrogen-bond acceptors (Lipinski definition) is 0. The van der Waals surface area contributed by atoms with Crippen molar-refractivity contribution >= 4 is 0 Å². The zero-order valence-electron chi connectivity index (χ0n) is 36.5. The summed E-state index contributed by atoms with van der Waals surface area (Å²) in [5.74, 6) is 0. The largest absolute Gasteiger partial charge is 0.0622 e. The molecule has 0 heteroatoms. The first-order chi connectivity index (χ1) is 29.6. The molecule has 8 aromatic rings. The molecule has 0 heterocycles. The van der Waals surface area contributed by atoms with Crippen molar-refractivity contribution in [3.05, 3.63) is 248 Å². The van der Waals surface area contributed by atoms with Crippen molar-refractivity contribution in [2.45, 2.75) is 83.5 Å². The van der Waals surface area contributed by atoms with Gasteiger partial charge in [-0.1, -0.05) is 203 Å². The molecule has 0 N–H and O–H groups in total. The maximum atomic E-state index is 2.59. The van der Waals surface area contributed by atoms with Crippen LogP contribution in [0.3, 0.4) is 0 Å². The molecule has 3 aliphatic carbocycles. The average molecular weight is 787 g/mol. The standard InChI is InChI=1S/C61H54/c1-39-17-23-47-48-24-18-40(2)30-54(48)59(53(47)29-39,35-45-13-9-7-10-14-45)37-61(57-33-43(5)21-27-51(57)52-28-22-44(6)34-58(52)61)38-60(36-46-15-11-8-12-16-46)55-31-41(3)19-25-49(55)50-26-20-42(4)32-56(50)60/h7-34H,35-38H2,1-6H3. The van der Waals surface area contributed by atoms with E-state index in [1.54, 1.807) is 0 Å². The Bertz CT molecular complexity index is 2720. The first-order valence-electron chi connectivity index (χ1n) is 22.3. The van der Waals surface area contributed by atoms with Gasteiger partial charge in [0.25, 0.3) is 0 Å². The van der Waals surface area contributed by atoms with Gasteiger partial charge in [-0.25, -0.2) is 0 Å². The van der Waals surface area contributed by atoms with Crippen LogP contribution in [-0.2, 0) is 29.1 Å². The molecule has 0 fully saturated rings. The molecule has 0 radical (unpaired) electrons. The summed E-state index contributed by atoms with van der Waals surface area (Å²) in [5, 5.41) is 0. The fraction of sp³-hybridized carbons (Fsp3) is 0.213. The van der Waals surface area contributed by atoms with Crippen molar-refractivity contribution in [2.75, 3.05) is 0 Å². The summed E-state index contributed by atoms with van der Waals surface area (Å²) in [7, 11) is 0. The van der Waals surface area contributed by atoms with Gasteiger partial charge in [0.1, 0.15) is 0 Å². The van der Waals surface area contributed by atoms with Crippen LogP contribution >= 0.6 is 0 Å². The summed E-state index contributed by atoms with van der Waals surface area (Å²) in [6.07, 6.45) is 3.71. The quantitative estimate of drug-likeness (QED) is 0.144. The zero-order chi connectivity index (χ0) is 41.7. The normalized spacial score (nSPS) is 15.4. The van der Waals surface area contributed by atoms with Gasteiger partial charge in [-0.2, -0.15) is 0 Å². The van der Waals surface area contributed by atoms with Crippen molar-refractivity contribution in [2.24, 2.45) is 0 Å². The van der Waals surface area contributed by atoms with Gasteiger partial charge >= 0.3 is 0 Å². The van der Waals surface area contributed by atoms with E-state index in [2.05, 4.69) is 211 Å². The number of hydrogen-bond donors (Lipinski definition) is 0. The van der Waals surface area contributed by atoms with Gasteiger partial charge in [0.15, 0.2) is 0 Å². The monoisotopic (exact) mass is 786 g/mol. The van der Waals surface area contributed by atoms with Gasteiger partial charge in [-0.05, 0) is 145 Å². The second-order valence-electron chi connectivity index (χ2n) is 19.2. The molecule has 0 bridgehead atoms. The highest BCUT2D eigenvalue weighted by atomic mass is 14.6. The van der Waals surface area contributed by atoms with E-state index in [1.165, 1.54) is 111 Å². The predicted octanol–water partition coefficient (Wildman–Crippen LogP) is 15.0. The van der Waals surface area contributed by atoms with Gasteiger partial charge < -0.3 is 0 Å². The SMILES string of the molecule is Cc1ccc2c(c1)C(Cc1ccccc1)(CC1(CC3(Cc4ccccc4)c4cc(C)ccc4-c4ccc(C)cc43)c3cc(C)ccc3-c3ccc(C)cc31)c1cc(C)ccc1-2. The first-order valence-corrected chi connectivity index (χ1v) is 22.3. The highest BCUT2D eigenvalue weighted by Gasteiger charge is 2.58. The molecule has 0 saturated carbocycles. The van der Waals surface area contributed by atoms with Crippen LogP contribution in [0.2, 0.25) is 0 Å². The fourth-order valence-electron chi connectivity index (χ4n) is 12.4. The predicted molar refractivity (Wildman–Crippen MR) is 256 cm³/mol. The van der Waals surface area contributed by atoms with Crippen molar-refractivity contribution in [1.82, 2.24) is 0 Å². The Balaban J connectivity index is 1.29. The minimum atomic E-state index is -0.384. The van der Waals surface area contributed by atoms with Gasteiger partial charge in [0.2, 0.25) is 0 Å². The lowest BCUT2D eigenvalue weighted by Crippen LogP contribution is -2.45. The van der Waals surface area contributed by atoms with E-state index in [4.69, 9.17) is 0 Å². The van der Waals surface area contributed by atoms with Crippen LogP contribution in [0.4, 0.5) is 0 Å². The number of rotatable bonds is 8. The van der Waals surface area contributed by atoms with Gasteiger partial charge in [-0.15, -0.1) is 0 Å². The minimum Gasteiger partial charge on any atom is -0.0622 e. The third-order valence-electron chi connectivity index (χ3n) is 14.9. The highest BCUT2D eigenvalue weighted by molar-refractivity contribution is 5.87. The topological polar surface area (TPSA) is 0 Å². The van der Waals surface area contributed by atoms with E-state index >= 15 is 0 Å². The van der Waals surface area contributed by atoms with Crippen LogP contribution in [-0.4, -0.2) is 0 Å². The van der Waals surface area contributed by atoms with E-state index in [1.807, 2.05) is 0 Å². The molecular weight excluding hydrogens is 733 g/mol. The molecule has 0 aromatic heterocycles. The maximum Gasteiger partial charge on any atom is 0.0267 e. The van der Waals surface area contributed by atoms with Crippen LogP contribution in [0.5, 0.6) is 0 Å². The van der Waals surface area contributed by atoms with Crippen molar-refractivity contribution in [3.8, 4) is 33.4 Å². The zero-order valence-corrected chi connectivity index (χ0v) is 36.5. The molecule has 0 spiro atoms. The molecule has 0 unspecified atom stereocenters. The Morgan fingerprint density at radius 1 is 0.262 bits per heavy atom. The first kappa shape index (κ1) is 37.7. The van der Waals surface area contributed by atoms with Gasteiger partial charge in [0.05, 0.1) is 0 Å². The molecule has 3 aliphatic rings. The Morgan fingerprint density at radius 3 is 0.738 bits per heavy atom. The molecule has 61 heavy (non-hydrogen) atoms. The number of aryl methyl sites for hydroxylation is 6. The Morgan fingerprint density at radius 2 is 0.492 bits per heavy atom. The minimum absolute atomic E-state index is 0.326. The van der Waals surface area contributed by atoms with Crippen molar-refractivity contribution in [1.29, 1.82) is 0 Å². The van der Waals surface area contributed by atoms with Gasteiger partial charge in [-0.3, -0.25) is 0 Å². The molecule has 0 aliphatic heterocycles. The van der Waals surface area contributed by atoms with E-state index in [9.17, 15) is 0 Å². The molecule has 0 atom stereocenters. The van der Waals surface area contributed by atoms with Crippen molar-refractivity contribution in [3.63, 3.8) is 0 Å². The Kier molecular flexibility index (Phi) is 8.60. The molecule has 8 aromatic carbocycles. The van der Waals surface area contributed by atoms with Gasteiger partial charge in [0, 0.05) is 16.2 Å². The Hall–Kier alpha value is -6.24. The third kappa shape index (κ3) is 5.79. The molecule has 0 saturated heterocycles. The molecule has 298 valence electrons. The second-order valence-corrected chi connectivity index (χ2v) is 19.2. The lowest BCUT2D eigenvalue weighted by molar-refractivity contribution is 0.285. The van der Waals surface area contributed by atoms with Crippen LogP contribution in [0, 0.1) is 41.5 Å². The number of benzene rings is 8. The average Bonchev–Trinajstić information content (AvgIpc) is 3.76. The number of fused-ring (bicyclic) bond motifs is 9. The van der Waals surface area contributed by atoms with E-state index in [0.717, 1.165) is 25.7 Å². The summed E-state index contributed by atoms with van der Waals surface area (Å²) in [5.41, 5.74) is 26.9. The maximum absolute atomic E-state index is 2.59. The summed E-state index contributed by atoms with van der Waals surface area (Å²) in [6, 6.07) is 66.8. The summed E-state index contributed by atoms with van der Waals surface area (Å²) < 4.78 is 0. The fourth-order valence-corrected chi connectivity index (χ4v) is 12.4. The van der Waals surface area contributed by atoms with E-state index < -0.39 is 0 Å². The molecule has 0 amide bonds. The van der Waals surface area contributed by atoms with E-state index in [-0.39, 0.29) is 16.2 Å².